The summed E-state index contributed by atoms with van der Waals surface area (Å²) in [4.78, 5) is 28.2. The predicted molar refractivity (Wildman–Crippen MR) is 79.7 cm³/mol. The Bertz CT molecular complexity index is 774. The molecule has 22 heavy (non-hydrogen) atoms. The summed E-state index contributed by atoms with van der Waals surface area (Å²) in [6, 6.07) is 1.79. The monoisotopic (exact) mass is 302 g/mol. The maximum Gasteiger partial charge on any atom is 0.329 e. The second kappa shape index (κ2) is 4.79. The van der Waals surface area contributed by atoms with E-state index in [9.17, 15) is 14.7 Å². The third-order valence-corrected chi connectivity index (χ3v) is 3.94. The fourth-order valence-corrected chi connectivity index (χ4v) is 2.51. The van der Waals surface area contributed by atoms with Gasteiger partial charge in [-0.25, -0.2) is 14.5 Å². The average Bonchev–Trinajstić information content (AvgIpc) is 3.09. The summed E-state index contributed by atoms with van der Waals surface area (Å²) in [7, 11) is 0. The van der Waals surface area contributed by atoms with Gasteiger partial charge in [0.25, 0.3) is 5.91 Å². The number of hydrogen-bond donors (Lipinski definition) is 2. The molecular formula is C15H18N4O3. The van der Waals surface area contributed by atoms with Crippen molar-refractivity contribution < 1.29 is 14.7 Å². The van der Waals surface area contributed by atoms with Crippen LogP contribution < -0.4 is 5.32 Å². The van der Waals surface area contributed by atoms with Crippen molar-refractivity contribution in [2.75, 3.05) is 0 Å². The van der Waals surface area contributed by atoms with Gasteiger partial charge in [-0.05, 0) is 39.7 Å². The van der Waals surface area contributed by atoms with Crippen LogP contribution in [0.15, 0.2) is 12.3 Å². The third-order valence-electron chi connectivity index (χ3n) is 3.94. The van der Waals surface area contributed by atoms with E-state index in [2.05, 4.69) is 15.4 Å². The maximum atomic E-state index is 12.5. The largest absolute Gasteiger partial charge is 0.480 e. The van der Waals surface area contributed by atoms with E-state index in [0.717, 1.165) is 0 Å². The topological polar surface area (TPSA) is 97.1 Å². The number of carbonyl (C=O) groups excluding carboxylic acids is 1. The maximum absolute atomic E-state index is 12.5. The Morgan fingerprint density at radius 2 is 2.09 bits per heavy atom. The van der Waals surface area contributed by atoms with Crippen LogP contribution in [-0.4, -0.2) is 37.3 Å². The van der Waals surface area contributed by atoms with Crippen LogP contribution in [-0.2, 0) is 4.79 Å². The van der Waals surface area contributed by atoms with Gasteiger partial charge in [-0.2, -0.15) is 5.10 Å². The van der Waals surface area contributed by atoms with Gasteiger partial charge in [0.05, 0.1) is 17.1 Å². The molecule has 2 heterocycles. The fraction of sp³-hybridized carbons (Fsp3) is 0.467. The first kappa shape index (κ1) is 14.5. The molecule has 1 aliphatic carbocycles. The molecule has 3 rings (SSSR count). The molecule has 0 saturated heterocycles. The molecule has 1 amide bonds. The lowest BCUT2D eigenvalue weighted by Crippen LogP contribution is -2.43. The fourth-order valence-electron chi connectivity index (χ4n) is 2.51. The van der Waals surface area contributed by atoms with Crippen LogP contribution in [0.4, 0.5) is 0 Å². The molecule has 7 heteroatoms. The standard InChI is InChI=1S/C15H18N4O3/c1-8(2)19-12-11(7-16-19)10(6-9(3)17-12)13(20)18-15(4-5-15)14(21)22/h6-8H,4-5H2,1-3H3,(H,18,20)(H,21,22). The second-order valence-corrected chi connectivity index (χ2v) is 6.07. The minimum absolute atomic E-state index is 0.122. The van der Waals surface area contributed by atoms with Crippen molar-refractivity contribution in [2.45, 2.75) is 45.2 Å². The molecule has 0 radical (unpaired) electrons. The van der Waals surface area contributed by atoms with Gasteiger partial charge in [-0.15, -0.1) is 0 Å². The molecular weight excluding hydrogens is 284 g/mol. The summed E-state index contributed by atoms with van der Waals surface area (Å²) in [5.41, 5.74) is 0.650. The molecule has 1 saturated carbocycles. The Morgan fingerprint density at radius 3 is 2.64 bits per heavy atom. The van der Waals surface area contributed by atoms with Crippen molar-refractivity contribution in [3.8, 4) is 0 Å². The smallest absolute Gasteiger partial charge is 0.329 e. The number of aliphatic carboxylic acids is 1. The lowest BCUT2D eigenvalue weighted by molar-refractivity contribution is -0.140. The summed E-state index contributed by atoms with van der Waals surface area (Å²) < 4.78 is 1.75. The highest BCUT2D eigenvalue weighted by molar-refractivity contribution is 6.07. The highest BCUT2D eigenvalue weighted by Crippen LogP contribution is 2.36. The molecule has 7 nitrogen and oxygen atoms in total. The van der Waals surface area contributed by atoms with Gasteiger partial charge in [-0.1, -0.05) is 0 Å². The first-order valence-electron chi connectivity index (χ1n) is 7.25. The number of nitrogens with one attached hydrogen (secondary N) is 1. The summed E-state index contributed by atoms with van der Waals surface area (Å²) >= 11 is 0. The second-order valence-electron chi connectivity index (χ2n) is 6.07. The summed E-state index contributed by atoms with van der Waals surface area (Å²) in [5, 5.41) is 16.8. The molecule has 2 aromatic heterocycles. The molecule has 1 fully saturated rings. The van der Waals surface area contributed by atoms with E-state index in [1.54, 1.807) is 23.9 Å². The number of carboxylic acids is 1. The quantitative estimate of drug-likeness (QED) is 0.895. The van der Waals surface area contributed by atoms with Crippen molar-refractivity contribution in [2.24, 2.45) is 0 Å². The Kier molecular flexibility index (Phi) is 3.16. The van der Waals surface area contributed by atoms with E-state index >= 15 is 0 Å². The number of carboxylic acid groups (broad SMARTS) is 1. The van der Waals surface area contributed by atoms with Gasteiger partial charge in [0.2, 0.25) is 0 Å². The zero-order chi connectivity index (χ0) is 16.1. The van der Waals surface area contributed by atoms with Crippen LogP contribution in [0.5, 0.6) is 0 Å². The van der Waals surface area contributed by atoms with Crippen molar-refractivity contribution in [1.82, 2.24) is 20.1 Å². The highest BCUT2D eigenvalue weighted by atomic mass is 16.4. The van der Waals surface area contributed by atoms with Crippen LogP contribution >= 0.6 is 0 Å². The summed E-state index contributed by atoms with van der Waals surface area (Å²) in [6.45, 7) is 5.78. The zero-order valence-electron chi connectivity index (χ0n) is 12.8. The average molecular weight is 302 g/mol. The Morgan fingerprint density at radius 1 is 1.41 bits per heavy atom. The molecule has 116 valence electrons. The Hall–Kier alpha value is -2.44. The highest BCUT2D eigenvalue weighted by Gasteiger charge is 2.51. The third kappa shape index (κ3) is 2.22. The Balaban J connectivity index is 2.03. The van der Waals surface area contributed by atoms with Gasteiger partial charge in [0.15, 0.2) is 5.65 Å². The van der Waals surface area contributed by atoms with Crippen molar-refractivity contribution >= 4 is 22.9 Å². The molecule has 0 bridgehead atoms. The first-order valence-corrected chi connectivity index (χ1v) is 7.25. The lowest BCUT2D eigenvalue weighted by atomic mass is 10.1. The lowest BCUT2D eigenvalue weighted by Gasteiger charge is -2.13. The van der Waals surface area contributed by atoms with E-state index < -0.39 is 17.4 Å². The number of fused-ring (bicyclic) bond motifs is 1. The molecule has 2 aromatic rings. The van der Waals surface area contributed by atoms with E-state index in [4.69, 9.17) is 0 Å². The van der Waals surface area contributed by atoms with Gasteiger partial charge >= 0.3 is 5.97 Å². The van der Waals surface area contributed by atoms with E-state index in [1.807, 2.05) is 13.8 Å². The number of amides is 1. The number of aromatic nitrogens is 3. The zero-order valence-corrected chi connectivity index (χ0v) is 12.8. The minimum atomic E-state index is -1.10. The molecule has 0 atom stereocenters. The Labute approximate surface area is 127 Å². The number of hydrogen-bond acceptors (Lipinski definition) is 4. The number of rotatable bonds is 4. The molecule has 2 N–H and O–H groups in total. The number of pyridine rings is 1. The molecule has 0 spiro atoms. The molecule has 0 aromatic carbocycles. The number of carbonyl (C=O) groups is 2. The van der Waals surface area contributed by atoms with Crippen molar-refractivity contribution in [3.05, 3.63) is 23.5 Å². The molecule has 0 unspecified atom stereocenters. The molecule has 1 aliphatic rings. The van der Waals surface area contributed by atoms with Gasteiger partial charge in [-0.3, -0.25) is 4.79 Å². The van der Waals surface area contributed by atoms with Crippen LogP contribution in [0, 0.1) is 6.92 Å². The van der Waals surface area contributed by atoms with E-state index in [0.29, 0.717) is 35.1 Å². The first-order chi connectivity index (χ1) is 10.3. The SMILES string of the molecule is Cc1cc(C(=O)NC2(C(=O)O)CC2)c2cnn(C(C)C)c2n1. The molecule has 0 aliphatic heterocycles. The van der Waals surface area contributed by atoms with Crippen LogP contribution in [0.2, 0.25) is 0 Å². The van der Waals surface area contributed by atoms with Crippen LogP contribution in [0.25, 0.3) is 11.0 Å². The number of aryl methyl sites for hydroxylation is 1. The predicted octanol–water partition coefficient (Wildman–Crippen LogP) is 1.67. The number of nitrogens with zero attached hydrogens (tertiary/aromatic N) is 3. The van der Waals surface area contributed by atoms with Gasteiger partial charge < -0.3 is 10.4 Å². The van der Waals surface area contributed by atoms with Crippen molar-refractivity contribution in [3.63, 3.8) is 0 Å². The van der Waals surface area contributed by atoms with Crippen molar-refractivity contribution in [1.29, 1.82) is 0 Å². The summed E-state index contributed by atoms with van der Waals surface area (Å²) in [6.07, 6.45) is 2.54. The summed E-state index contributed by atoms with van der Waals surface area (Å²) in [5.74, 6) is -1.38. The normalized spacial score (nSPS) is 16.0. The van der Waals surface area contributed by atoms with Gasteiger partial charge in [0, 0.05) is 11.7 Å². The van der Waals surface area contributed by atoms with Gasteiger partial charge in [0.1, 0.15) is 5.54 Å². The van der Waals surface area contributed by atoms with E-state index in [1.165, 1.54) is 0 Å². The van der Waals surface area contributed by atoms with Crippen LogP contribution in [0.3, 0.4) is 0 Å². The van der Waals surface area contributed by atoms with Crippen LogP contribution in [0.1, 0.15) is 48.8 Å². The van der Waals surface area contributed by atoms with E-state index in [-0.39, 0.29) is 6.04 Å². The minimum Gasteiger partial charge on any atom is -0.480 e.